The molecule has 4 heteroatoms. The number of carbonyl (C=O) groups excluding carboxylic acids is 1. The van der Waals surface area contributed by atoms with Gasteiger partial charge in [0.05, 0.1) is 18.6 Å². The number of ether oxygens (including phenoxy) is 1. The van der Waals surface area contributed by atoms with Crippen molar-refractivity contribution in [2.75, 3.05) is 20.3 Å². The first-order chi connectivity index (χ1) is 8.05. The lowest BCUT2D eigenvalue weighted by Crippen LogP contribution is -2.53. The fourth-order valence-corrected chi connectivity index (χ4v) is 2.95. The molecule has 1 saturated carbocycles. The van der Waals surface area contributed by atoms with E-state index in [1.54, 1.807) is 0 Å². The van der Waals surface area contributed by atoms with Crippen LogP contribution < -0.4 is 5.73 Å². The number of rotatable bonds is 2. The quantitative estimate of drug-likeness (QED) is 0.787. The van der Waals surface area contributed by atoms with Gasteiger partial charge in [0, 0.05) is 19.1 Å². The molecule has 2 unspecified atom stereocenters. The highest BCUT2D eigenvalue weighted by Gasteiger charge is 2.46. The summed E-state index contributed by atoms with van der Waals surface area (Å²) in [4.78, 5) is 14.5. The Morgan fingerprint density at radius 3 is 2.53 bits per heavy atom. The first kappa shape index (κ1) is 12.8. The van der Waals surface area contributed by atoms with E-state index < -0.39 is 5.41 Å². The molecule has 0 aromatic heterocycles. The molecule has 2 rings (SSSR count). The number of carbonyl (C=O) groups is 1. The average molecular weight is 240 g/mol. The van der Waals surface area contributed by atoms with Crippen LogP contribution in [-0.2, 0) is 9.53 Å². The highest BCUT2D eigenvalue weighted by atomic mass is 16.5. The van der Waals surface area contributed by atoms with Crippen LogP contribution in [0.4, 0.5) is 0 Å². The summed E-state index contributed by atoms with van der Waals surface area (Å²) in [5.41, 5.74) is 5.49. The Morgan fingerprint density at radius 2 is 2.00 bits per heavy atom. The summed E-state index contributed by atoms with van der Waals surface area (Å²) in [6.45, 7) is 2.90. The molecule has 2 fully saturated rings. The van der Waals surface area contributed by atoms with Crippen molar-refractivity contribution in [2.45, 2.75) is 51.1 Å². The van der Waals surface area contributed by atoms with Gasteiger partial charge in [-0.05, 0) is 19.8 Å². The van der Waals surface area contributed by atoms with Gasteiger partial charge in [0.1, 0.15) is 0 Å². The molecule has 1 saturated heterocycles. The maximum Gasteiger partial charge on any atom is 0.232 e. The minimum Gasteiger partial charge on any atom is -0.379 e. The minimum atomic E-state index is -0.522. The SMILES string of the molecule is CN(C(=O)C1(C)COCC1N)C1CCCCC1. The first-order valence-electron chi connectivity index (χ1n) is 6.66. The lowest BCUT2D eigenvalue weighted by atomic mass is 9.83. The van der Waals surface area contributed by atoms with Gasteiger partial charge in [-0.25, -0.2) is 0 Å². The van der Waals surface area contributed by atoms with Crippen molar-refractivity contribution in [3.05, 3.63) is 0 Å². The van der Waals surface area contributed by atoms with Crippen molar-refractivity contribution in [1.82, 2.24) is 4.90 Å². The van der Waals surface area contributed by atoms with Crippen LogP contribution in [0.25, 0.3) is 0 Å². The van der Waals surface area contributed by atoms with Gasteiger partial charge in [-0.15, -0.1) is 0 Å². The molecule has 1 aliphatic heterocycles. The molecule has 0 spiro atoms. The van der Waals surface area contributed by atoms with E-state index in [2.05, 4.69) is 0 Å². The molecule has 2 atom stereocenters. The van der Waals surface area contributed by atoms with Gasteiger partial charge in [0.15, 0.2) is 0 Å². The lowest BCUT2D eigenvalue weighted by Gasteiger charge is -2.37. The Bertz CT molecular complexity index is 289. The number of amides is 1. The third-order valence-electron chi connectivity index (χ3n) is 4.45. The van der Waals surface area contributed by atoms with Crippen LogP contribution in [0.3, 0.4) is 0 Å². The molecular weight excluding hydrogens is 216 g/mol. The van der Waals surface area contributed by atoms with Gasteiger partial charge in [-0.1, -0.05) is 19.3 Å². The normalized spacial score (nSPS) is 34.9. The zero-order valence-corrected chi connectivity index (χ0v) is 10.9. The summed E-state index contributed by atoms with van der Waals surface area (Å²) < 4.78 is 5.36. The summed E-state index contributed by atoms with van der Waals surface area (Å²) in [7, 11) is 1.93. The largest absolute Gasteiger partial charge is 0.379 e. The molecule has 0 aromatic rings. The number of hydrogen-bond acceptors (Lipinski definition) is 3. The second kappa shape index (κ2) is 4.94. The van der Waals surface area contributed by atoms with Crippen molar-refractivity contribution >= 4 is 5.91 Å². The Hall–Kier alpha value is -0.610. The van der Waals surface area contributed by atoms with Gasteiger partial charge in [0.25, 0.3) is 0 Å². The van der Waals surface area contributed by atoms with Crippen LogP contribution in [0.1, 0.15) is 39.0 Å². The molecule has 2 N–H and O–H groups in total. The zero-order chi connectivity index (χ0) is 12.5. The summed E-state index contributed by atoms with van der Waals surface area (Å²) in [6.07, 6.45) is 6.05. The molecule has 2 aliphatic rings. The molecule has 1 amide bonds. The van der Waals surface area contributed by atoms with E-state index in [1.807, 2.05) is 18.9 Å². The molecule has 1 heterocycles. The molecule has 98 valence electrons. The average Bonchev–Trinajstić information content (AvgIpc) is 2.70. The molecule has 0 bridgehead atoms. The third kappa shape index (κ3) is 2.33. The zero-order valence-electron chi connectivity index (χ0n) is 10.9. The van der Waals surface area contributed by atoms with Gasteiger partial charge >= 0.3 is 0 Å². The molecule has 1 aliphatic carbocycles. The van der Waals surface area contributed by atoms with Crippen LogP contribution in [0.5, 0.6) is 0 Å². The van der Waals surface area contributed by atoms with Crippen molar-refractivity contribution in [3.8, 4) is 0 Å². The van der Waals surface area contributed by atoms with Crippen molar-refractivity contribution < 1.29 is 9.53 Å². The molecule has 0 aromatic carbocycles. The third-order valence-corrected chi connectivity index (χ3v) is 4.45. The van der Waals surface area contributed by atoms with Gasteiger partial charge in [0.2, 0.25) is 5.91 Å². The van der Waals surface area contributed by atoms with Crippen molar-refractivity contribution in [2.24, 2.45) is 11.1 Å². The van der Waals surface area contributed by atoms with Gasteiger partial charge in [-0.3, -0.25) is 4.79 Å². The summed E-state index contributed by atoms with van der Waals surface area (Å²) in [5, 5.41) is 0. The monoisotopic (exact) mass is 240 g/mol. The van der Waals surface area contributed by atoms with Crippen molar-refractivity contribution in [3.63, 3.8) is 0 Å². The number of hydrogen-bond donors (Lipinski definition) is 1. The maximum atomic E-state index is 12.5. The second-order valence-electron chi connectivity index (χ2n) is 5.75. The second-order valence-corrected chi connectivity index (χ2v) is 5.75. The molecular formula is C13H24N2O2. The van der Waals surface area contributed by atoms with Crippen LogP contribution in [0.15, 0.2) is 0 Å². The van der Waals surface area contributed by atoms with E-state index in [0.717, 1.165) is 12.8 Å². The van der Waals surface area contributed by atoms with E-state index >= 15 is 0 Å². The van der Waals surface area contributed by atoms with Crippen LogP contribution >= 0.6 is 0 Å². The summed E-state index contributed by atoms with van der Waals surface area (Å²) in [6, 6.07) is 0.238. The van der Waals surface area contributed by atoms with E-state index in [-0.39, 0.29) is 11.9 Å². The minimum absolute atomic E-state index is 0.161. The van der Waals surface area contributed by atoms with Crippen LogP contribution in [-0.4, -0.2) is 43.2 Å². The Morgan fingerprint density at radius 1 is 1.35 bits per heavy atom. The number of nitrogens with zero attached hydrogens (tertiary/aromatic N) is 1. The lowest BCUT2D eigenvalue weighted by molar-refractivity contribution is -0.143. The van der Waals surface area contributed by atoms with Gasteiger partial charge < -0.3 is 15.4 Å². The van der Waals surface area contributed by atoms with E-state index in [4.69, 9.17) is 10.5 Å². The van der Waals surface area contributed by atoms with E-state index in [9.17, 15) is 4.79 Å². The predicted molar refractivity (Wildman–Crippen MR) is 66.5 cm³/mol. The fraction of sp³-hybridized carbons (Fsp3) is 0.923. The van der Waals surface area contributed by atoms with Crippen LogP contribution in [0.2, 0.25) is 0 Å². The van der Waals surface area contributed by atoms with Crippen LogP contribution in [0, 0.1) is 5.41 Å². The summed E-state index contributed by atoms with van der Waals surface area (Å²) >= 11 is 0. The van der Waals surface area contributed by atoms with Crippen molar-refractivity contribution in [1.29, 1.82) is 0 Å². The topological polar surface area (TPSA) is 55.6 Å². The maximum absolute atomic E-state index is 12.5. The Kier molecular flexibility index (Phi) is 3.73. The highest BCUT2D eigenvalue weighted by Crippen LogP contribution is 2.32. The van der Waals surface area contributed by atoms with Gasteiger partial charge in [-0.2, -0.15) is 0 Å². The number of nitrogens with two attached hydrogens (primary N) is 1. The first-order valence-corrected chi connectivity index (χ1v) is 6.66. The Balaban J connectivity index is 2.03. The highest BCUT2D eigenvalue weighted by molar-refractivity contribution is 5.83. The smallest absolute Gasteiger partial charge is 0.232 e. The fourth-order valence-electron chi connectivity index (χ4n) is 2.95. The molecule has 4 nitrogen and oxygen atoms in total. The molecule has 0 radical (unpaired) electrons. The standard InChI is InChI=1S/C13H24N2O2/c1-13(9-17-8-11(13)14)12(16)15(2)10-6-4-3-5-7-10/h10-11H,3-9,14H2,1-2H3. The van der Waals surface area contributed by atoms with E-state index in [1.165, 1.54) is 19.3 Å². The molecule has 17 heavy (non-hydrogen) atoms. The Labute approximate surface area is 103 Å². The van der Waals surface area contributed by atoms with E-state index in [0.29, 0.717) is 19.3 Å². The summed E-state index contributed by atoms with van der Waals surface area (Å²) in [5.74, 6) is 0.161. The predicted octanol–water partition coefficient (Wildman–Crippen LogP) is 1.14.